The summed E-state index contributed by atoms with van der Waals surface area (Å²) in [5.41, 5.74) is -0.917. The summed E-state index contributed by atoms with van der Waals surface area (Å²) in [5.74, 6) is -0.162. The minimum absolute atomic E-state index is 0.189. The number of aliphatic hydroxyl groups excluding tert-OH is 2. The Morgan fingerprint density at radius 3 is 2.62 bits per heavy atom. The van der Waals surface area contributed by atoms with E-state index >= 15 is 0 Å². The van der Waals surface area contributed by atoms with E-state index in [1.54, 1.807) is 6.92 Å². The molecule has 4 heteroatoms. The molecule has 0 saturated carbocycles. The first-order valence-electron chi connectivity index (χ1n) is 4.12. The second-order valence-electron chi connectivity index (χ2n) is 3.43. The van der Waals surface area contributed by atoms with Crippen LogP contribution in [0.25, 0.3) is 0 Å². The lowest BCUT2D eigenvalue weighted by Crippen LogP contribution is -2.36. The van der Waals surface area contributed by atoms with Crippen molar-refractivity contribution >= 4 is 5.78 Å². The summed E-state index contributed by atoms with van der Waals surface area (Å²) in [7, 11) is 1.45. The molecule has 0 fully saturated rings. The summed E-state index contributed by atoms with van der Waals surface area (Å²) >= 11 is 0. The van der Waals surface area contributed by atoms with Gasteiger partial charge in [0.25, 0.3) is 0 Å². The zero-order chi connectivity index (χ0) is 10.1. The van der Waals surface area contributed by atoms with Gasteiger partial charge in [0.15, 0.2) is 5.78 Å². The molecular formula is C9H14O4. The van der Waals surface area contributed by atoms with Crippen molar-refractivity contribution < 1.29 is 19.7 Å². The molecule has 0 aromatic rings. The predicted molar refractivity (Wildman–Crippen MR) is 45.9 cm³/mol. The standard InChI is InChI=1S/C9H14O4/c1-9(5-11)6(4-10)7(13-2)3-8(9)12/h3,6,10-11H,4-5H2,1-2H3/t6-,9+/m1/s1. The summed E-state index contributed by atoms with van der Waals surface area (Å²) < 4.78 is 4.95. The molecule has 1 rings (SSSR count). The minimum atomic E-state index is -0.917. The summed E-state index contributed by atoms with van der Waals surface area (Å²) in [4.78, 5) is 11.4. The normalized spacial score (nSPS) is 33.4. The maximum absolute atomic E-state index is 11.4. The van der Waals surface area contributed by atoms with Gasteiger partial charge in [0.2, 0.25) is 0 Å². The van der Waals surface area contributed by atoms with Crippen LogP contribution in [-0.2, 0) is 9.53 Å². The summed E-state index contributed by atoms with van der Waals surface area (Å²) in [6.45, 7) is 1.15. The Kier molecular flexibility index (Phi) is 2.73. The summed E-state index contributed by atoms with van der Waals surface area (Å²) in [5, 5.41) is 18.2. The molecule has 0 heterocycles. The Balaban J connectivity index is 2.98. The molecule has 0 aliphatic heterocycles. The number of hydrogen-bond acceptors (Lipinski definition) is 4. The van der Waals surface area contributed by atoms with E-state index in [1.165, 1.54) is 13.2 Å². The molecule has 4 nitrogen and oxygen atoms in total. The number of methoxy groups -OCH3 is 1. The molecule has 0 unspecified atom stereocenters. The maximum atomic E-state index is 11.4. The van der Waals surface area contributed by atoms with Gasteiger partial charge in [0.05, 0.1) is 31.7 Å². The van der Waals surface area contributed by atoms with Crippen molar-refractivity contribution in [3.63, 3.8) is 0 Å². The van der Waals surface area contributed by atoms with Gasteiger partial charge < -0.3 is 14.9 Å². The molecular weight excluding hydrogens is 172 g/mol. The van der Waals surface area contributed by atoms with E-state index in [2.05, 4.69) is 0 Å². The average Bonchev–Trinajstić information content (AvgIpc) is 2.39. The number of ketones is 1. The van der Waals surface area contributed by atoms with Crippen LogP contribution in [0.15, 0.2) is 11.8 Å². The fraction of sp³-hybridized carbons (Fsp3) is 0.667. The number of aliphatic hydroxyl groups is 2. The third-order valence-corrected chi connectivity index (χ3v) is 2.70. The second kappa shape index (κ2) is 3.47. The Morgan fingerprint density at radius 2 is 2.23 bits per heavy atom. The molecule has 2 atom stereocenters. The van der Waals surface area contributed by atoms with E-state index in [0.717, 1.165) is 0 Å². The maximum Gasteiger partial charge on any atom is 0.168 e. The van der Waals surface area contributed by atoms with Gasteiger partial charge in [-0.3, -0.25) is 4.79 Å². The average molecular weight is 186 g/mol. The first-order valence-corrected chi connectivity index (χ1v) is 4.12. The number of carbonyl (C=O) groups excluding carboxylic acids is 1. The second-order valence-corrected chi connectivity index (χ2v) is 3.43. The highest BCUT2D eigenvalue weighted by Crippen LogP contribution is 2.39. The third kappa shape index (κ3) is 1.36. The first-order chi connectivity index (χ1) is 6.10. The van der Waals surface area contributed by atoms with Crippen molar-refractivity contribution in [3.05, 3.63) is 11.8 Å². The number of rotatable bonds is 3. The smallest absolute Gasteiger partial charge is 0.168 e. The van der Waals surface area contributed by atoms with E-state index in [9.17, 15) is 4.79 Å². The molecule has 0 saturated heterocycles. The van der Waals surface area contributed by atoms with Gasteiger partial charge in [-0.15, -0.1) is 0 Å². The lowest BCUT2D eigenvalue weighted by Gasteiger charge is -2.27. The van der Waals surface area contributed by atoms with Gasteiger partial charge in [-0.05, 0) is 6.92 Å². The van der Waals surface area contributed by atoms with Crippen molar-refractivity contribution in [1.82, 2.24) is 0 Å². The van der Waals surface area contributed by atoms with E-state index < -0.39 is 11.3 Å². The molecule has 2 N–H and O–H groups in total. The molecule has 74 valence electrons. The van der Waals surface area contributed by atoms with Gasteiger partial charge in [-0.25, -0.2) is 0 Å². The van der Waals surface area contributed by atoms with Crippen molar-refractivity contribution in [2.45, 2.75) is 6.92 Å². The Labute approximate surface area is 76.8 Å². The molecule has 0 aromatic heterocycles. The highest BCUT2D eigenvalue weighted by Gasteiger charge is 2.47. The third-order valence-electron chi connectivity index (χ3n) is 2.70. The van der Waals surface area contributed by atoms with E-state index in [1.807, 2.05) is 0 Å². The minimum Gasteiger partial charge on any atom is -0.501 e. The van der Waals surface area contributed by atoms with Crippen molar-refractivity contribution in [3.8, 4) is 0 Å². The summed E-state index contributed by atoms with van der Waals surface area (Å²) in [6.07, 6.45) is 1.34. The van der Waals surface area contributed by atoms with Crippen molar-refractivity contribution in [2.24, 2.45) is 11.3 Å². The van der Waals surface area contributed by atoms with Gasteiger partial charge in [0.1, 0.15) is 5.76 Å². The zero-order valence-electron chi connectivity index (χ0n) is 7.78. The van der Waals surface area contributed by atoms with Crippen LogP contribution < -0.4 is 0 Å². The number of carbonyl (C=O) groups is 1. The first kappa shape index (κ1) is 10.2. The molecule has 1 aliphatic rings. The fourth-order valence-electron chi connectivity index (χ4n) is 1.56. The molecule has 13 heavy (non-hydrogen) atoms. The number of allylic oxidation sites excluding steroid dienone is 1. The van der Waals surface area contributed by atoms with Crippen LogP contribution >= 0.6 is 0 Å². The van der Waals surface area contributed by atoms with Crippen LogP contribution in [0.3, 0.4) is 0 Å². The van der Waals surface area contributed by atoms with Gasteiger partial charge in [-0.2, -0.15) is 0 Å². The van der Waals surface area contributed by atoms with Crippen LogP contribution in [0, 0.1) is 11.3 Å². The van der Waals surface area contributed by atoms with Crippen molar-refractivity contribution in [1.29, 1.82) is 0 Å². The number of ether oxygens (including phenoxy) is 1. The molecule has 1 aliphatic carbocycles. The lowest BCUT2D eigenvalue weighted by atomic mass is 9.79. The largest absolute Gasteiger partial charge is 0.501 e. The molecule has 0 spiro atoms. The number of hydrogen-bond donors (Lipinski definition) is 2. The van der Waals surface area contributed by atoms with Gasteiger partial charge in [-0.1, -0.05) is 0 Å². The monoisotopic (exact) mass is 186 g/mol. The van der Waals surface area contributed by atoms with E-state index in [4.69, 9.17) is 14.9 Å². The quantitative estimate of drug-likeness (QED) is 0.635. The topological polar surface area (TPSA) is 66.8 Å². The van der Waals surface area contributed by atoms with Crippen LogP contribution in [0.1, 0.15) is 6.92 Å². The lowest BCUT2D eigenvalue weighted by molar-refractivity contribution is -0.127. The van der Waals surface area contributed by atoms with Crippen LogP contribution in [0.5, 0.6) is 0 Å². The van der Waals surface area contributed by atoms with Crippen LogP contribution in [0.2, 0.25) is 0 Å². The highest BCUT2D eigenvalue weighted by molar-refractivity contribution is 5.98. The van der Waals surface area contributed by atoms with Gasteiger partial charge in [0, 0.05) is 6.08 Å². The van der Waals surface area contributed by atoms with E-state index in [0.29, 0.717) is 5.76 Å². The zero-order valence-corrected chi connectivity index (χ0v) is 7.78. The Hall–Kier alpha value is -0.870. The van der Waals surface area contributed by atoms with Gasteiger partial charge >= 0.3 is 0 Å². The molecule has 0 bridgehead atoms. The fourth-order valence-corrected chi connectivity index (χ4v) is 1.56. The predicted octanol–water partition coefficient (Wildman–Crippen LogP) is -0.293. The Bertz CT molecular complexity index is 246. The summed E-state index contributed by atoms with van der Waals surface area (Å²) in [6, 6.07) is 0. The molecule has 0 aromatic carbocycles. The SMILES string of the molecule is COC1=CC(=O)[C@@](C)(CO)[C@@H]1CO. The molecule has 0 radical (unpaired) electrons. The van der Waals surface area contributed by atoms with Crippen LogP contribution in [0.4, 0.5) is 0 Å². The van der Waals surface area contributed by atoms with Crippen LogP contribution in [-0.4, -0.2) is 36.3 Å². The van der Waals surface area contributed by atoms with E-state index in [-0.39, 0.29) is 19.0 Å². The Morgan fingerprint density at radius 1 is 1.62 bits per heavy atom. The van der Waals surface area contributed by atoms with Crippen molar-refractivity contribution in [2.75, 3.05) is 20.3 Å². The highest BCUT2D eigenvalue weighted by atomic mass is 16.5. The molecule has 0 amide bonds.